The molecule has 9 heteroatoms. The van der Waals surface area contributed by atoms with Gasteiger partial charge in [-0.15, -0.1) is 0 Å². The second kappa shape index (κ2) is 7.56. The Bertz CT molecular complexity index is 827. The van der Waals surface area contributed by atoms with Crippen LogP contribution in [-0.2, 0) is 14.6 Å². The van der Waals surface area contributed by atoms with Crippen molar-refractivity contribution in [2.75, 3.05) is 11.1 Å². The van der Waals surface area contributed by atoms with Crippen LogP contribution in [-0.4, -0.2) is 43.4 Å². The lowest BCUT2D eigenvalue weighted by atomic mass is 10.0. The lowest BCUT2D eigenvalue weighted by molar-refractivity contribution is -0.116. The van der Waals surface area contributed by atoms with Crippen LogP contribution >= 0.6 is 15.9 Å². The molecule has 2 aliphatic rings. The SMILES string of the molecule is Cc1cc(Br)ccc1NC(=O)CCCCC1C2NC(=O)NC2CS1(=O)=O. The Kier molecular flexibility index (Phi) is 5.57. The second-order valence-electron chi connectivity index (χ2n) is 6.87. The van der Waals surface area contributed by atoms with Crippen molar-refractivity contribution in [1.82, 2.24) is 10.6 Å². The van der Waals surface area contributed by atoms with E-state index in [0.29, 0.717) is 25.7 Å². The Hall–Kier alpha value is -1.61. The number of hydrogen-bond donors (Lipinski definition) is 3. The normalized spacial score (nSPS) is 26.1. The molecular formula is C17H22BrN3O4S. The van der Waals surface area contributed by atoms with E-state index in [1.165, 1.54) is 0 Å². The first kappa shape index (κ1) is 19.2. The molecular weight excluding hydrogens is 422 g/mol. The van der Waals surface area contributed by atoms with E-state index in [-0.39, 0.29) is 29.8 Å². The number of anilines is 1. The molecule has 0 radical (unpaired) electrons. The zero-order valence-electron chi connectivity index (χ0n) is 14.4. The molecule has 3 N–H and O–H groups in total. The summed E-state index contributed by atoms with van der Waals surface area (Å²) in [5.41, 5.74) is 1.75. The van der Waals surface area contributed by atoms with E-state index in [9.17, 15) is 18.0 Å². The molecule has 0 bridgehead atoms. The summed E-state index contributed by atoms with van der Waals surface area (Å²) in [6.45, 7) is 1.92. The van der Waals surface area contributed by atoms with Crippen molar-refractivity contribution in [1.29, 1.82) is 0 Å². The monoisotopic (exact) mass is 443 g/mol. The summed E-state index contributed by atoms with van der Waals surface area (Å²) >= 11 is 3.39. The van der Waals surface area contributed by atoms with E-state index in [1.54, 1.807) is 0 Å². The number of unbranched alkanes of at least 4 members (excludes halogenated alkanes) is 1. The van der Waals surface area contributed by atoms with Gasteiger partial charge in [-0.25, -0.2) is 13.2 Å². The second-order valence-corrected chi connectivity index (χ2v) is 10.1. The van der Waals surface area contributed by atoms with Crippen LogP contribution in [0.3, 0.4) is 0 Å². The maximum atomic E-state index is 12.2. The van der Waals surface area contributed by atoms with Gasteiger partial charge in [0.2, 0.25) is 5.91 Å². The third-order valence-corrected chi connectivity index (χ3v) is 7.69. The largest absolute Gasteiger partial charge is 0.332 e. The average Bonchev–Trinajstić information content (AvgIpc) is 2.99. The highest BCUT2D eigenvalue weighted by atomic mass is 79.9. The fourth-order valence-electron chi connectivity index (χ4n) is 3.62. The summed E-state index contributed by atoms with van der Waals surface area (Å²) in [6, 6.07) is 4.66. The van der Waals surface area contributed by atoms with Crippen LogP contribution in [0.1, 0.15) is 31.2 Å². The highest BCUT2D eigenvalue weighted by Gasteiger charge is 2.51. The van der Waals surface area contributed by atoms with Crippen molar-refractivity contribution in [2.45, 2.75) is 49.9 Å². The van der Waals surface area contributed by atoms with Crippen molar-refractivity contribution >= 4 is 43.4 Å². The van der Waals surface area contributed by atoms with Gasteiger partial charge in [0.25, 0.3) is 0 Å². The minimum Gasteiger partial charge on any atom is -0.332 e. The van der Waals surface area contributed by atoms with Gasteiger partial charge >= 0.3 is 6.03 Å². The maximum absolute atomic E-state index is 12.2. The first-order chi connectivity index (χ1) is 12.3. The number of nitrogens with one attached hydrogen (secondary N) is 3. The molecule has 0 aromatic heterocycles. The number of aryl methyl sites for hydroxylation is 1. The molecule has 0 aliphatic carbocycles. The van der Waals surface area contributed by atoms with Gasteiger partial charge in [-0.05, 0) is 43.5 Å². The number of amides is 3. The number of halogens is 1. The number of carbonyl (C=O) groups excluding carboxylic acids is 2. The van der Waals surface area contributed by atoms with Crippen LogP contribution in [0.2, 0.25) is 0 Å². The molecule has 2 heterocycles. The maximum Gasteiger partial charge on any atom is 0.315 e. The summed E-state index contributed by atoms with van der Waals surface area (Å²) in [6.07, 6.45) is 2.01. The number of fused-ring (bicyclic) bond motifs is 1. The summed E-state index contributed by atoms with van der Waals surface area (Å²) in [4.78, 5) is 23.5. The quantitative estimate of drug-likeness (QED) is 0.462. The van der Waals surface area contributed by atoms with Gasteiger partial charge in [-0.1, -0.05) is 22.4 Å². The van der Waals surface area contributed by atoms with Crippen molar-refractivity contribution in [3.05, 3.63) is 28.2 Å². The van der Waals surface area contributed by atoms with Crippen LogP contribution in [0.5, 0.6) is 0 Å². The van der Waals surface area contributed by atoms with Crippen LogP contribution in [0.4, 0.5) is 10.5 Å². The van der Waals surface area contributed by atoms with Crippen molar-refractivity contribution in [3.63, 3.8) is 0 Å². The van der Waals surface area contributed by atoms with Gasteiger partial charge in [0.1, 0.15) is 0 Å². The fourth-order valence-corrected chi connectivity index (χ4v) is 6.36. The van der Waals surface area contributed by atoms with Crippen LogP contribution in [0, 0.1) is 6.92 Å². The molecule has 2 fully saturated rings. The molecule has 7 nitrogen and oxygen atoms in total. The predicted octanol–water partition coefficient (Wildman–Crippen LogP) is 2.10. The lowest BCUT2D eigenvalue weighted by Gasteiger charge is -2.16. The van der Waals surface area contributed by atoms with Gasteiger partial charge in [-0.3, -0.25) is 4.79 Å². The Morgan fingerprint density at radius 3 is 2.81 bits per heavy atom. The number of sulfone groups is 1. The zero-order valence-corrected chi connectivity index (χ0v) is 16.8. The minimum atomic E-state index is -3.21. The van der Waals surface area contributed by atoms with Crippen molar-refractivity contribution in [2.24, 2.45) is 0 Å². The zero-order chi connectivity index (χ0) is 18.9. The van der Waals surface area contributed by atoms with Gasteiger partial charge in [0.15, 0.2) is 9.84 Å². The van der Waals surface area contributed by atoms with Crippen LogP contribution in [0.25, 0.3) is 0 Å². The third-order valence-electron chi connectivity index (χ3n) is 4.93. The van der Waals surface area contributed by atoms with Gasteiger partial charge in [0.05, 0.1) is 23.1 Å². The lowest BCUT2D eigenvalue weighted by Crippen LogP contribution is -2.39. The summed E-state index contributed by atoms with van der Waals surface area (Å²) in [5, 5.41) is 7.67. The predicted molar refractivity (Wildman–Crippen MR) is 103 cm³/mol. The van der Waals surface area contributed by atoms with Gasteiger partial charge < -0.3 is 16.0 Å². The van der Waals surface area contributed by atoms with E-state index in [4.69, 9.17) is 0 Å². The summed E-state index contributed by atoms with van der Waals surface area (Å²) in [7, 11) is -3.21. The molecule has 26 heavy (non-hydrogen) atoms. The van der Waals surface area contributed by atoms with E-state index in [2.05, 4.69) is 31.9 Å². The number of benzene rings is 1. The Balaban J connectivity index is 1.46. The fraction of sp³-hybridized carbons (Fsp3) is 0.529. The standard InChI is InChI=1S/C17H22BrN3O4S/c1-10-8-11(18)6-7-12(10)19-15(22)5-3-2-4-14-16-13(9-26(14,24)25)20-17(23)21-16/h6-8,13-14,16H,2-5,9H2,1H3,(H,19,22)(H2,20,21,23). The van der Waals surface area contributed by atoms with E-state index < -0.39 is 15.1 Å². The van der Waals surface area contributed by atoms with Gasteiger partial charge in [0, 0.05) is 16.6 Å². The number of urea groups is 1. The molecule has 3 amide bonds. The molecule has 2 saturated heterocycles. The first-order valence-electron chi connectivity index (χ1n) is 8.61. The Morgan fingerprint density at radius 2 is 2.08 bits per heavy atom. The number of rotatable bonds is 6. The highest BCUT2D eigenvalue weighted by Crippen LogP contribution is 2.28. The highest BCUT2D eigenvalue weighted by molar-refractivity contribution is 9.10. The van der Waals surface area contributed by atoms with E-state index in [0.717, 1.165) is 15.7 Å². The molecule has 3 rings (SSSR count). The number of hydrogen-bond acceptors (Lipinski definition) is 4. The Morgan fingerprint density at radius 1 is 1.31 bits per heavy atom. The first-order valence-corrected chi connectivity index (χ1v) is 11.1. The topological polar surface area (TPSA) is 104 Å². The average molecular weight is 444 g/mol. The van der Waals surface area contributed by atoms with Crippen LogP contribution < -0.4 is 16.0 Å². The van der Waals surface area contributed by atoms with Gasteiger partial charge in [-0.2, -0.15) is 0 Å². The smallest absolute Gasteiger partial charge is 0.315 e. The molecule has 1 aromatic rings. The number of carbonyl (C=O) groups is 2. The molecule has 0 saturated carbocycles. The summed E-state index contributed by atoms with van der Waals surface area (Å²) < 4.78 is 25.4. The summed E-state index contributed by atoms with van der Waals surface area (Å²) in [5.74, 6) is -0.0943. The van der Waals surface area contributed by atoms with E-state index >= 15 is 0 Å². The molecule has 0 spiro atoms. The molecule has 2 aliphatic heterocycles. The molecule has 3 unspecified atom stereocenters. The molecule has 1 aromatic carbocycles. The van der Waals surface area contributed by atoms with Crippen molar-refractivity contribution < 1.29 is 18.0 Å². The molecule has 142 valence electrons. The van der Waals surface area contributed by atoms with E-state index in [1.807, 2.05) is 25.1 Å². The third kappa shape index (κ3) is 4.20. The van der Waals surface area contributed by atoms with Crippen molar-refractivity contribution in [3.8, 4) is 0 Å². The Labute approximate surface area is 161 Å². The minimum absolute atomic E-state index is 0.00952. The molecule has 3 atom stereocenters. The van der Waals surface area contributed by atoms with Crippen LogP contribution in [0.15, 0.2) is 22.7 Å².